The van der Waals surface area contributed by atoms with E-state index in [1.165, 1.54) is 0 Å². The standard InChI is InChI=1S/C8H7Br2ClO/c9-4-5-12-8-6(10)2-1-3-7(8)11/h1-3H,4-5H2. The van der Waals surface area contributed by atoms with Gasteiger partial charge in [0.15, 0.2) is 5.75 Å². The van der Waals surface area contributed by atoms with Gasteiger partial charge in [-0.05, 0) is 28.1 Å². The summed E-state index contributed by atoms with van der Waals surface area (Å²) in [6.45, 7) is 0.613. The molecule has 0 heterocycles. The van der Waals surface area contributed by atoms with Crippen molar-refractivity contribution in [1.29, 1.82) is 0 Å². The second-order valence-electron chi connectivity index (χ2n) is 2.09. The van der Waals surface area contributed by atoms with E-state index in [4.69, 9.17) is 16.3 Å². The molecular weight excluding hydrogens is 307 g/mol. The fraction of sp³-hybridized carbons (Fsp3) is 0.250. The van der Waals surface area contributed by atoms with Crippen LogP contribution in [0.3, 0.4) is 0 Å². The van der Waals surface area contributed by atoms with Gasteiger partial charge in [0.05, 0.1) is 16.1 Å². The van der Waals surface area contributed by atoms with E-state index in [0.29, 0.717) is 17.4 Å². The number of ether oxygens (including phenoxy) is 1. The molecule has 0 aliphatic carbocycles. The fourth-order valence-electron chi connectivity index (χ4n) is 0.761. The normalized spacial score (nSPS) is 9.92. The second-order valence-corrected chi connectivity index (χ2v) is 4.14. The van der Waals surface area contributed by atoms with Crippen LogP contribution in [-0.2, 0) is 0 Å². The van der Waals surface area contributed by atoms with Gasteiger partial charge in [0.25, 0.3) is 0 Å². The number of hydrogen-bond acceptors (Lipinski definition) is 1. The van der Waals surface area contributed by atoms with Crippen LogP contribution in [0.4, 0.5) is 0 Å². The monoisotopic (exact) mass is 312 g/mol. The second kappa shape index (κ2) is 5.10. The van der Waals surface area contributed by atoms with E-state index in [1.807, 2.05) is 12.1 Å². The zero-order chi connectivity index (χ0) is 8.97. The summed E-state index contributed by atoms with van der Waals surface area (Å²) in [5.74, 6) is 0.707. The van der Waals surface area contributed by atoms with Gasteiger partial charge in [0, 0.05) is 5.33 Å². The topological polar surface area (TPSA) is 9.23 Å². The molecule has 12 heavy (non-hydrogen) atoms. The molecule has 0 saturated heterocycles. The van der Waals surface area contributed by atoms with Crippen LogP contribution in [0, 0.1) is 0 Å². The minimum atomic E-state index is 0.613. The highest BCUT2D eigenvalue weighted by Gasteiger charge is 2.04. The lowest BCUT2D eigenvalue weighted by Crippen LogP contribution is -1.98. The molecule has 4 heteroatoms. The van der Waals surface area contributed by atoms with Crippen molar-refractivity contribution >= 4 is 43.5 Å². The van der Waals surface area contributed by atoms with Crippen molar-refractivity contribution in [2.24, 2.45) is 0 Å². The van der Waals surface area contributed by atoms with Gasteiger partial charge >= 0.3 is 0 Å². The first-order chi connectivity index (χ1) is 5.75. The Bertz CT molecular complexity index is 245. The molecule has 0 aromatic heterocycles. The predicted octanol–water partition coefficient (Wildman–Crippen LogP) is 3.88. The lowest BCUT2D eigenvalue weighted by atomic mass is 10.3. The van der Waals surface area contributed by atoms with Crippen molar-refractivity contribution in [2.45, 2.75) is 0 Å². The summed E-state index contributed by atoms with van der Waals surface area (Å²) < 4.78 is 6.28. The van der Waals surface area contributed by atoms with Crippen molar-refractivity contribution in [2.75, 3.05) is 11.9 Å². The molecule has 0 spiro atoms. The average Bonchev–Trinajstić information content (AvgIpc) is 2.04. The third-order valence-corrected chi connectivity index (χ3v) is 2.49. The van der Waals surface area contributed by atoms with E-state index in [9.17, 15) is 0 Å². The Morgan fingerprint density at radius 1 is 1.42 bits per heavy atom. The minimum Gasteiger partial charge on any atom is -0.490 e. The highest BCUT2D eigenvalue weighted by atomic mass is 79.9. The van der Waals surface area contributed by atoms with Crippen LogP contribution in [0.25, 0.3) is 0 Å². The number of hydrogen-bond donors (Lipinski definition) is 0. The zero-order valence-corrected chi connectivity index (χ0v) is 10.1. The lowest BCUT2D eigenvalue weighted by Gasteiger charge is -2.07. The van der Waals surface area contributed by atoms with Crippen molar-refractivity contribution in [3.63, 3.8) is 0 Å². The van der Waals surface area contributed by atoms with Crippen molar-refractivity contribution < 1.29 is 4.74 Å². The van der Waals surface area contributed by atoms with Crippen molar-refractivity contribution in [3.05, 3.63) is 27.7 Å². The number of rotatable bonds is 3. The Kier molecular flexibility index (Phi) is 4.40. The minimum absolute atomic E-state index is 0.613. The Balaban J connectivity index is 2.81. The van der Waals surface area contributed by atoms with E-state index in [-0.39, 0.29) is 0 Å². The van der Waals surface area contributed by atoms with Crippen LogP contribution in [0.5, 0.6) is 5.75 Å². The van der Waals surface area contributed by atoms with Crippen LogP contribution in [-0.4, -0.2) is 11.9 Å². The smallest absolute Gasteiger partial charge is 0.152 e. The number of alkyl halides is 1. The fourth-order valence-corrected chi connectivity index (χ4v) is 1.75. The molecule has 0 aliphatic heterocycles. The molecule has 0 fully saturated rings. The van der Waals surface area contributed by atoms with Crippen molar-refractivity contribution in [1.82, 2.24) is 0 Å². The number of halogens is 3. The number of para-hydroxylation sites is 1. The van der Waals surface area contributed by atoms with Gasteiger partial charge in [-0.3, -0.25) is 0 Å². The molecular formula is C8H7Br2ClO. The molecule has 0 bridgehead atoms. The average molecular weight is 314 g/mol. The Hall–Kier alpha value is 0.270. The SMILES string of the molecule is Clc1cccc(Br)c1OCCBr. The predicted molar refractivity (Wildman–Crippen MR) is 58.4 cm³/mol. The van der Waals surface area contributed by atoms with Gasteiger partial charge in [-0.15, -0.1) is 0 Å². The molecule has 0 N–H and O–H groups in total. The van der Waals surface area contributed by atoms with Crippen LogP contribution in [0.15, 0.2) is 22.7 Å². The maximum atomic E-state index is 5.89. The van der Waals surface area contributed by atoms with Gasteiger partial charge in [-0.25, -0.2) is 0 Å². The van der Waals surface area contributed by atoms with Gasteiger partial charge in [-0.2, -0.15) is 0 Å². The third-order valence-electron chi connectivity index (χ3n) is 1.24. The molecule has 0 radical (unpaired) electrons. The van der Waals surface area contributed by atoms with E-state index in [1.54, 1.807) is 6.07 Å². The molecule has 1 rings (SSSR count). The van der Waals surface area contributed by atoms with Gasteiger partial charge < -0.3 is 4.74 Å². The van der Waals surface area contributed by atoms with Gasteiger partial charge in [-0.1, -0.05) is 33.6 Å². The quantitative estimate of drug-likeness (QED) is 0.770. The molecule has 0 amide bonds. The summed E-state index contributed by atoms with van der Waals surface area (Å²) in [6, 6.07) is 5.57. The van der Waals surface area contributed by atoms with Crippen LogP contribution >= 0.6 is 43.5 Å². The summed E-state index contributed by atoms with van der Waals surface area (Å²) in [5.41, 5.74) is 0. The van der Waals surface area contributed by atoms with Crippen molar-refractivity contribution in [3.8, 4) is 5.75 Å². The first-order valence-electron chi connectivity index (χ1n) is 3.38. The highest BCUT2D eigenvalue weighted by molar-refractivity contribution is 9.10. The van der Waals surface area contributed by atoms with E-state index in [2.05, 4.69) is 31.9 Å². The molecule has 0 unspecified atom stereocenters. The molecule has 66 valence electrons. The van der Waals surface area contributed by atoms with E-state index >= 15 is 0 Å². The Morgan fingerprint density at radius 3 is 2.75 bits per heavy atom. The Labute approximate surface area is 93.3 Å². The van der Waals surface area contributed by atoms with Gasteiger partial charge in [0.1, 0.15) is 0 Å². The summed E-state index contributed by atoms with van der Waals surface area (Å²) in [7, 11) is 0. The van der Waals surface area contributed by atoms with E-state index in [0.717, 1.165) is 9.80 Å². The highest BCUT2D eigenvalue weighted by Crippen LogP contribution is 2.32. The molecule has 0 saturated carbocycles. The molecule has 0 atom stereocenters. The Morgan fingerprint density at radius 2 is 2.17 bits per heavy atom. The summed E-state index contributed by atoms with van der Waals surface area (Å²) in [5, 5.41) is 1.43. The van der Waals surface area contributed by atoms with Gasteiger partial charge in [0.2, 0.25) is 0 Å². The lowest BCUT2D eigenvalue weighted by molar-refractivity contribution is 0.343. The maximum Gasteiger partial charge on any atom is 0.152 e. The van der Waals surface area contributed by atoms with E-state index < -0.39 is 0 Å². The zero-order valence-electron chi connectivity index (χ0n) is 6.19. The first-order valence-corrected chi connectivity index (χ1v) is 5.67. The third kappa shape index (κ3) is 2.64. The summed E-state index contributed by atoms with van der Waals surface area (Å²) in [6.07, 6.45) is 0. The molecule has 1 nitrogen and oxygen atoms in total. The van der Waals surface area contributed by atoms with Crippen LogP contribution in [0.2, 0.25) is 5.02 Å². The molecule has 0 aliphatic rings. The number of benzene rings is 1. The van der Waals surface area contributed by atoms with Crippen LogP contribution in [0.1, 0.15) is 0 Å². The largest absolute Gasteiger partial charge is 0.490 e. The first kappa shape index (κ1) is 10.4. The summed E-state index contributed by atoms with van der Waals surface area (Å²) in [4.78, 5) is 0. The maximum absolute atomic E-state index is 5.89. The molecule has 1 aromatic rings. The summed E-state index contributed by atoms with van der Waals surface area (Å²) >= 11 is 12.5. The van der Waals surface area contributed by atoms with Crippen LogP contribution < -0.4 is 4.74 Å². The molecule has 1 aromatic carbocycles.